The van der Waals surface area contributed by atoms with E-state index < -0.39 is 0 Å². The fourth-order valence-corrected chi connectivity index (χ4v) is 3.81. The van der Waals surface area contributed by atoms with E-state index in [0.29, 0.717) is 11.6 Å². The highest BCUT2D eigenvalue weighted by Crippen LogP contribution is 2.37. The molecular formula is C23H21ClN2O. The summed E-state index contributed by atoms with van der Waals surface area (Å²) in [6.07, 6.45) is 0.702. The molecule has 1 atom stereocenters. The summed E-state index contributed by atoms with van der Waals surface area (Å²) >= 11 is 6.36. The molecule has 0 saturated heterocycles. The fourth-order valence-electron chi connectivity index (χ4n) is 3.62. The molecule has 0 aromatic heterocycles. The third-order valence-electron chi connectivity index (χ3n) is 5.05. The molecule has 1 N–H and O–H groups in total. The van der Waals surface area contributed by atoms with Gasteiger partial charge in [-0.05, 0) is 35.7 Å². The number of halogens is 1. The molecule has 3 aromatic carbocycles. The summed E-state index contributed by atoms with van der Waals surface area (Å²) in [7, 11) is 0. The maximum absolute atomic E-state index is 13.1. The van der Waals surface area contributed by atoms with Crippen LogP contribution in [-0.2, 0) is 13.0 Å². The lowest BCUT2D eigenvalue weighted by molar-refractivity contribution is 0.0729. The molecule has 3 aromatic rings. The van der Waals surface area contributed by atoms with E-state index in [1.807, 2.05) is 65.6 Å². The molecule has 1 aliphatic rings. The Morgan fingerprint density at radius 1 is 0.926 bits per heavy atom. The van der Waals surface area contributed by atoms with Crippen molar-refractivity contribution in [2.45, 2.75) is 26.1 Å². The van der Waals surface area contributed by atoms with Crippen molar-refractivity contribution in [2.24, 2.45) is 0 Å². The molecule has 0 radical (unpaired) electrons. The zero-order valence-electron chi connectivity index (χ0n) is 15.2. The number of nitrogens with zero attached hydrogens (tertiary/aromatic N) is 1. The summed E-state index contributed by atoms with van der Waals surface area (Å²) in [5.74, 6) is 0.0250. The Hall–Kier alpha value is -2.78. The molecular weight excluding hydrogens is 356 g/mol. The van der Waals surface area contributed by atoms with Gasteiger partial charge in [-0.2, -0.15) is 0 Å². The standard InChI is InChI=1S/C23H21ClN2O/c1-2-16-9-4-8-14-21(16)25-22-18-11-5-6-12-19(18)23(27)26(22)15-17-10-3-7-13-20(17)24/h3-14,22,25H,2,15H2,1H3. The predicted molar refractivity (Wildman–Crippen MR) is 110 cm³/mol. The van der Waals surface area contributed by atoms with E-state index in [4.69, 9.17) is 11.6 Å². The molecule has 27 heavy (non-hydrogen) atoms. The first kappa shape index (κ1) is 17.6. The molecule has 0 bridgehead atoms. The quantitative estimate of drug-likeness (QED) is 0.622. The van der Waals surface area contributed by atoms with Gasteiger partial charge < -0.3 is 10.2 Å². The Bertz CT molecular complexity index is 985. The predicted octanol–water partition coefficient (Wildman–Crippen LogP) is 5.67. The van der Waals surface area contributed by atoms with E-state index >= 15 is 0 Å². The maximum Gasteiger partial charge on any atom is 0.256 e. The van der Waals surface area contributed by atoms with Crippen molar-refractivity contribution < 1.29 is 4.79 Å². The average Bonchev–Trinajstić information content (AvgIpc) is 2.96. The average molecular weight is 377 g/mol. The molecule has 1 amide bonds. The lowest BCUT2D eigenvalue weighted by Gasteiger charge is -2.28. The smallest absolute Gasteiger partial charge is 0.256 e. The van der Waals surface area contributed by atoms with Gasteiger partial charge in [0.1, 0.15) is 6.17 Å². The fraction of sp³-hybridized carbons (Fsp3) is 0.174. The van der Waals surface area contributed by atoms with Crippen molar-refractivity contribution in [2.75, 3.05) is 5.32 Å². The molecule has 136 valence electrons. The van der Waals surface area contributed by atoms with Crippen LogP contribution in [0.3, 0.4) is 0 Å². The monoisotopic (exact) mass is 376 g/mol. The van der Waals surface area contributed by atoms with Crippen LogP contribution in [0.4, 0.5) is 5.69 Å². The van der Waals surface area contributed by atoms with Crippen molar-refractivity contribution in [1.29, 1.82) is 0 Å². The molecule has 1 unspecified atom stereocenters. The minimum atomic E-state index is -0.224. The van der Waals surface area contributed by atoms with Gasteiger partial charge >= 0.3 is 0 Å². The van der Waals surface area contributed by atoms with Crippen LogP contribution in [-0.4, -0.2) is 10.8 Å². The van der Waals surface area contributed by atoms with Crippen LogP contribution in [0.2, 0.25) is 5.02 Å². The van der Waals surface area contributed by atoms with E-state index in [1.165, 1.54) is 5.56 Å². The van der Waals surface area contributed by atoms with E-state index in [0.717, 1.165) is 28.8 Å². The molecule has 4 rings (SSSR count). The summed E-state index contributed by atoms with van der Waals surface area (Å²) < 4.78 is 0. The Morgan fingerprint density at radius 3 is 2.37 bits per heavy atom. The summed E-state index contributed by atoms with van der Waals surface area (Å²) in [5, 5.41) is 4.27. The number of aryl methyl sites for hydroxylation is 1. The van der Waals surface area contributed by atoms with Crippen LogP contribution < -0.4 is 5.32 Å². The molecule has 0 fully saturated rings. The zero-order chi connectivity index (χ0) is 18.8. The van der Waals surface area contributed by atoms with Crippen molar-refractivity contribution in [3.8, 4) is 0 Å². The number of nitrogens with one attached hydrogen (secondary N) is 1. The topological polar surface area (TPSA) is 32.3 Å². The summed E-state index contributed by atoms with van der Waals surface area (Å²) in [6.45, 7) is 2.59. The second kappa shape index (κ2) is 7.45. The number of carbonyl (C=O) groups is 1. The number of anilines is 1. The van der Waals surface area contributed by atoms with E-state index in [2.05, 4.69) is 24.4 Å². The second-order valence-electron chi connectivity index (χ2n) is 6.67. The minimum Gasteiger partial charge on any atom is -0.361 e. The Balaban J connectivity index is 1.73. The van der Waals surface area contributed by atoms with Gasteiger partial charge in [-0.1, -0.05) is 73.1 Å². The first-order chi connectivity index (χ1) is 13.2. The maximum atomic E-state index is 13.1. The molecule has 0 saturated carbocycles. The number of rotatable bonds is 5. The SMILES string of the molecule is CCc1ccccc1NC1c2ccccc2C(=O)N1Cc1ccccc1Cl. The van der Waals surface area contributed by atoms with Crippen LogP contribution in [0.15, 0.2) is 72.8 Å². The lowest BCUT2D eigenvalue weighted by Crippen LogP contribution is -2.32. The normalized spacial score (nSPS) is 15.7. The Kier molecular flexibility index (Phi) is 4.87. The van der Waals surface area contributed by atoms with Crippen LogP contribution in [0.25, 0.3) is 0 Å². The largest absolute Gasteiger partial charge is 0.361 e. The molecule has 3 nitrogen and oxygen atoms in total. The van der Waals surface area contributed by atoms with Gasteiger partial charge in [0.15, 0.2) is 0 Å². The Morgan fingerprint density at radius 2 is 1.59 bits per heavy atom. The van der Waals surface area contributed by atoms with E-state index in [1.54, 1.807) is 0 Å². The van der Waals surface area contributed by atoms with Gasteiger partial charge in [0.2, 0.25) is 0 Å². The van der Waals surface area contributed by atoms with Crippen LogP contribution in [0.1, 0.15) is 40.1 Å². The van der Waals surface area contributed by atoms with Crippen molar-refractivity contribution in [3.63, 3.8) is 0 Å². The van der Waals surface area contributed by atoms with Gasteiger partial charge in [0.25, 0.3) is 5.91 Å². The van der Waals surface area contributed by atoms with Gasteiger partial charge in [-0.25, -0.2) is 0 Å². The van der Waals surface area contributed by atoms with Gasteiger partial charge in [-0.15, -0.1) is 0 Å². The summed E-state index contributed by atoms with van der Waals surface area (Å²) in [6, 6.07) is 23.7. The number of amides is 1. The zero-order valence-corrected chi connectivity index (χ0v) is 15.9. The summed E-state index contributed by atoms with van der Waals surface area (Å²) in [4.78, 5) is 15.0. The molecule has 0 spiro atoms. The Labute approximate surface area is 164 Å². The van der Waals surface area contributed by atoms with Gasteiger partial charge in [0.05, 0.1) is 0 Å². The van der Waals surface area contributed by atoms with E-state index in [-0.39, 0.29) is 12.1 Å². The van der Waals surface area contributed by atoms with Crippen LogP contribution in [0, 0.1) is 0 Å². The summed E-state index contributed by atoms with van der Waals surface area (Å²) in [5.41, 5.74) is 4.97. The third kappa shape index (κ3) is 3.31. The number of hydrogen-bond donors (Lipinski definition) is 1. The van der Waals surface area contributed by atoms with Crippen LogP contribution >= 0.6 is 11.6 Å². The van der Waals surface area contributed by atoms with Gasteiger partial charge in [-0.3, -0.25) is 4.79 Å². The number of para-hydroxylation sites is 1. The second-order valence-corrected chi connectivity index (χ2v) is 7.08. The van der Waals surface area contributed by atoms with Crippen molar-refractivity contribution in [3.05, 3.63) is 100 Å². The number of benzene rings is 3. The van der Waals surface area contributed by atoms with E-state index in [9.17, 15) is 4.79 Å². The third-order valence-corrected chi connectivity index (χ3v) is 5.42. The van der Waals surface area contributed by atoms with Crippen molar-refractivity contribution in [1.82, 2.24) is 4.90 Å². The van der Waals surface area contributed by atoms with Crippen LogP contribution in [0.5, 0.6) is 0 Å². The number of fused-ring (bicyclic) bond motifs is 1. The number of hydrogen-bond acceptors (Lipinski definition) is 2. The number of carbonyl (C=O) groups excluding carboxylic acids is 1. The first-order valence-electron chi connectivity index (χ1n) is 9.16. The molecule has 1 heterocycles. The molecule has 0 aliphatic carbocycles. The highest BCUT2D eigenvalue weighted by Gasteiger charge is 2.36. The lowest BCUT2D eigenvalue weighted by atomic mass is 10.1. The highest BCUT2D eigenvalue weighted by atomic mass is 35.5. The molecule has 4 heteroatoms. The van der Waals surface area contributed by atoms with Crippen molar-refractivity contribution >= 4 is 23.2 Å². The van der Waals surface area contributed by atoms with Gasteiger partial charge in [0, 0.05) is 28.4 Å². The first-order valence-corrected chi connectivity index (χ1v) is 9.54. The highest BCUT2D eigenvalue weighted by molar-refractivity contribution is 6.31. The molecule has 1 aliphatic heterocycles. The minimum absolute atomic E-state index is 0.0250.